The number of methoxy groups -OCH3 is 1. The lowest BCUT2D eigenvalue weighted by Crippen LogP contribution is -2.21. The zero-order chi connectivity index (χ0) is 25.8. The number of ether oxygens (including phenoxy) is 2. The van der Waals surface area contributed by atoms with Crippen LogP contribution in [-0.4, -0.2) is 27.8 Å². The summed E-state index contributed by atoms with van der Waals surface area (Å²) in [6.07, 6.45) is 7.28. The minimum absolute atomic E-state index is 0.157. The van der Waals surface area contributed by atoms with Gasteiger partial charge in [-0.3, -0.25) is 0 Å². The van der Waals surface area contributed by atoms with Gasteiger partial charge in [-0.2, -0.15) is 18.4 Å². The Bertz CT molecular complexity index is 1200. The quantitative estimate of drug-likeness (QED) is 0.154. The Kier molecular flexibility index (Phi) is 10.4. The molecular formula is C29H36N2O4S. The number of unbranched alkanes of at least 4 members (excludes halogenated alkanes) is 5. The van der Waals surface area contributed by atoms with E-state index in [4.69, 9.17) is 9.47 Å². The standard InChI is InChI=1S/C29H36N2O4S/c1-4-5-6-7-8-9-22-35-27-18-14-25(15-19-27)29(24-12-16-26(34-3)17-13-24)30-31-36(32,33)28-20-10-23(2)11-21-28/h10-21,31H,4-9,22H2,1-3H3. The van der Waals surface area contributed by atoms with Crippen LogP contribution in [0.1, 0.15) is 62.1 Å². The molecule has 36 heavy (non-hydrogen) atoms. The number of nitrogens with zero attached hydrogens (tertiary/aromatic N) is 1. The molecule has 0 saturated carbocycles. The zero-order valence-electron chi connectivity index (χ0n) is 21.4. The van der Waals surface area contributed by atoms with E-state index in [-0.39, 0.29) is 4.90 Å². The van der Waals surface area contributed by atoms with E-state index in [0.29, 0.717) is 18.1 Å². The maximum Gasteiger partial charge on any atom is 0.276 e. The summed E-state index contributed by atoms with van der Waals surface area (Å²) in [7, 11) is -2.22. The number of hydrogen-bond donors (Lipinski definition) is 1. The van der Waals surface area contributed by atoms with Gasteiger partial charge in [0, 0.05) is 11.1 Å². The molecule has 0 aliphatic heterocycles. The molecule has 0 aliphatic carbocycles. The van der Waals surface area contributed by atoms with Gasteiger partial charge in [0.2, 0.25) is 0 Å². The van der Waals surface area contributed by atoms with E-state index in [1.54, 1.807) is 31.4 Å². The molecule has 0 atom stereocenters. The van der Waals surface area contributed by atoms with Crippen LogP contribution in [0.15, 0.2) is 82.8 Å². The zero-order valence-corrected chi connectivity index (χ0v) is 22.2. The highest BCUT2D eigenvalue weighted by Gasteiger charge is 2.15. The predicted octanol–water partition coefficient (Wildman–Crippen LogP) is 6.47. The first kappa shape index (κ1) is 27.3. The molecule has 3 aromatic carbocycles. The summed E-state index contributed by atoms with van der Waals surface area (Å²) in [6, 6.07) is 21.5. The van der Waals surface area contributed by atoms with Crippen LogP contribution >= 0.6 is 0 Å². The maximum atomic E-state index is 12.8. The molecule has 0 unspecified atom stereocenters. The Balaban J connectivity index is 1.75. The molecule has 0 amide bonds. The third-order valence-electron chi connectivity index (χ3n) is 5.87. The van der Waals surface area contributed by atoms with Gasteiger partial charge < -0.3 is 9.47 Å². The molecule has 0 heterocycles. The molecule has 0 aliphatic rings. The van der Waals surface area contributed by atoms with Crippen LogP contribution in [0, 0.1) is 6.92 Å². The van der Waals surface area contributed by atoms with E-state index in [1.807, 2.05) is 55.5 Å². The fraction of sp³-hybridized carbons (Fsp3) is 0.345. The highest BCUT2D eigenvalue weighted by Crippen LogP contribution is 2.20. The van der Waals surface area contributed by atoms with E-state index in [1.165, 1.54) is 32.1 Å². The molecule has 0 saturated heterocycles. The van der Waals surface area contributed by atoms with Crippen molar-refractivity contribution in [3.05, 3.63) is 89.5 Å². The van der Waals surface area contributed by atoms with Crippen LogP contribution in [0.2, 0.25) is 0 Å². The van der Waals surface area contributed by atoms with Gasteiger partial charge in [-0.1, -0.05) is 56.7 Å². The smallest absolute Gasteiger partial charge is 0.276 e. The van der Waals surface area contributed by atoms with Gasteiger partial charge in [-0.05, 0) is 74.0 Å². The van der Waals surface area contributed by atoms with Crippen LogP contribution < -0.4 is 14.3 Å². The number of rotatable bonds is 14. The van der Waals surface area contributed by atoms with Crippen molar-refractivity contribution >= 4 is 15.7 Å². The van der Waals surface area contributed by atoms with Crippen LogP contribution in [0.5, 0.6) is 11.5 Å². The summed E-state index contributed by atoms with van der Waals surface area (Å²) in [5.41, 5.74) is 2.99. The second kappa shape index (κ2) is 13.7. The number of sulfonamides is 1. The van der Waals surface area contributed by atoms with Gasteiger partial charge in [0.25, 0.3) is 10.0 Å². The minimum Gasteiger partial charge on any atom is -0.497 e. The fourth-order valence-electron chi connectivity index (χ4n) is 3.70. The number of hydrogen-bond acceptors (Lipinski definition) is 5. The van der Waals surface area contributed by atoms with E-state index >= 15 is 0 Å². The Morgan fingerprint density at radius 1 is 0.778 bits per heavy atom. The van der Waals surface area contributed by atoms with Crippen LogP contribution in [0.3, 0.4) is 0 Å². The van der Waals surface area contributed by atoms with Crippen molar-refractivity contribution in [1.29, 1.82) is 0 Å². The highest BCUT2D eigenvalue weighted by atomic mass is 32.2. The molecule has 1 N–H and O–H groups in total. The highest BCUT2D eigenvalue weighted by molar-refractivity contribution is 7.89. The first-order valence-electron chi connectivity index (χ1n) is 12.5. The predicted molar refractivity (Wildman–Crippen MR) is 145 cm³/mol. The summed E-state index contributed by atoms with van der Waals surface area (Å²) >= 11 is 0. The number of hydrazone groups is 1. The molecule has 0 fully saturated rings. The second-order valence-electron chi connectivity index (χ2n) is 8.74. The maximum absolute atomic E-state index is 12.8. The van der Waals surface area contributed by atoms with Crippen molar-refractivity contribution in [1.82, 2.24) is 4.83 Å². The summed E-state index contributed by atoms with van der Waals surface area (Å²) < 4.78 is 36.8. The van der Waals surface area contributed by atoms with Crippen LogP contribution in [0.25, 0.3) is 0 Å². The number of nitrogens with one attached hydrogen (secondary N) is 1. The van der Waals surface area contributed by atoms with E-state index in [9.17, 15) is 8.42 Å². The Labute approximate surface area is 215 Å². The summed E-state index contributed by atoms with van der Waals surface area (Å²) in [5.74, 6) is 1.48. The average molecular weight is 509 g/mol. The number of benzene rings is 3. The third-order valence-corrected chi connectivity index (χ3v) is 7.09. The van der Waals surface area contributed by atoms with Gasteiger partial charge in [0.05, 0.1) is 24.3 Å². The monoisotopic (exact) mass is 508 g/mol. The SMILES string of the molecule is CCCCCCCCOc1ccc(C(=NNS(=O)(=O)c2ccc(C)cc2)c2ccc(OC)cc2)cc1. The molecule has 0 spiro atoms. The molecule has 3 aromatic rings. The van der Waals surface area contributed by atoms with Crippen LogP contribution in [0.4, 0.5) is 0 Å². The van der Waals surface area contributed by atoms with Crippen molar-refractivity contribution in [3.8, 4) is 11.5 Å². The molecule has 7 heteroatoms. The third kappa shape index (κ3) is 8.12. The Morgan fingerprint density at radius 2 is 1.33 bits per heavy atom. The van der Waals surface area contributed by atoms with Crippen molar-refractivity contribution in [2.75, 3.05) is 13.7 Å². The van der Waals surface area contributed by atoms with Gasteiger partial charge in [0.1, 0.15) is 11.5 Å². The molecule has 6 nitrogen and oxygen atoms in total. The fourth-order valence-corrected chi connectivity index (χ4v) is 4.51. The summed E-state index contributed by atoms with van der Waals surface area (Å²) in [4.78, 5) is 2.55. The van der Waals surface area contributed by atoms with Crippen molar-refractivity contribution in [2.24, 2.45) is 5.10 Å². The summed E-state index contributed by atoms with van der Waals surface area (Å²) in [6.45, 7) is 4.81. The largest absolute Gasteiger partial charge is 0.497 e. The van der Waals surface area contributed by atoms with Crippen molar-refractivity contribution < 1.29 is 17.9 Å². The van der Waals surface area contributed by atoms with E-state index in [2.05, 4.69) is 16.9 Å². The van der Waals surface area contributed by atoms with Gasteiger partial charge in [0.15, 0.2) is 0 Å². The minimum atomic E-state index is -3.82. The van der Waals surface area contributed by atoms with Crippen molar-refractivity contribution in [2.45, 2.75) is 57.3 Å². The molecule has 0 radical (unpaired) electrons. The molecular weight excluding hydrogens is 472 g/mol. The normalized spacial score (nSPS) is 11.8. The van der Waals surface area contributed by atoms with Gasteiger partial charge in [-0.25, -0.2) is 0 Å². The second-order valence-corrected chi connectivity index (χ2v) is 10.4. The Hall–Kier alpha value is -3.32. The first-order chi connectivity index (χ1) is 17.4. The average Bonchev–Trinajstić information content (AvgIpc) is 2.89. The van der Waals surface area contributed by atoms with Crippen LogP contribution in [-0.2, 0) is 10.0 Å². The Morgan fingerprint density at radius 3 is 1.92 bits per heavy atom. The lowest BCUT2D eigenvalue weighted by atomic mass is 10.0. The molecule has 3 rings (SSSR count). The lowest BCUT2D eigenvalue weighted by Gasteiger charge is -2.11. The van der Waals surface area contributed by atoms with E-state index in [0.717, 1.165) is 28.9 Å². The van der Waals surface area contributed by atoms with Gasteiger partial charge >= 0.3 is 0 Å². The van der Waals surface area contributed by atoms with E-state index < -0.39 is 10.0 Å². The topological polar surface area (TPSA) is 77.0 Å². The first-order valence-corrected chi connectivity index (χ1v) is 13.9. The molecule has 192 valence electrons. The molecule has 0 aromatic heterocycles. The van der Waals surface area contributed by atoms with Crippen molar-refractivity contribution in [3.63, 3.8) is 0 Å². The number of aryl methyl sites for hydroxylation is 1. The van der Waals surface area contributed by atoms with Gasteiger partial charge in [-0.15, -0.1) is 0 Å². The molecule has 0 bridgehead atoms. The summed E-state index contributed by atoms with van der Waals surface area (Å²) in [5, 5.41) is 4.33. The lowest BCUT2D eigenvalue weighted by molar-refractivity contribution is 0.304.